The molecule has 0 saturated carbocycles. The van der Waals surface area contributed by atoms with Crippen LogP contribution in [0, 0.1) is 6.92 Å². The standard InChI is InChI=1S/C30H36ClN3O5S/c1-6-22(3)32-30(36)23(4)33(19-24-10-8-7-9-11-24)29(35)20-34(27-18-25(31)14-17-28(27)39-5)40(37,38)26-15-12-21(2)13-16-26/h7-18,22-23H,6,19-20H2,1-5H3,(H,32,36)/t22-,23+/m0/s1. The Morgan fingerprint density at radius 3 is 2.25 bits per heavy atom. The fraction of sp³-hybridized carbons (Fsp3) is 0.333. The minimum Gasteiger partial charge on any atom is -0.495 e. The molecule has 0 radical (unpaired) electrons. The molecule has 2 atom stereocenters. The van der Waals surface area contributed by atoms with E-state index < -0.39 is 28.5 Å². The number of methoxy groups -OCH3 is 1. The van der Waals surface area contributed by atoms with Crippen LogP contribution in [-0.2, 0) is 26.2 Å². The number of anilines is 1. The number of aryl methyl sites for hydroxylation is 1. The van der Waals surface area contributed by atoms with Gasteiger partial charge in [-0.1, -0.05) is 66.6 Å². The Morgan fingerprint density at radius 2 is 1.65 bits per heavy atom. The van der Waals surface area contributed by atoms with Crippen LogP contribution in [-0.4, -0.2) is 50.9 Å². The monoisotopic (exact) mass is 585 g/mol. The first-order chi connectivity index (χ1) is 19.0. The summed E-state index contributed by atoms with van der Waals surface area (Å²) in [5.41, 5.74) is 1.80. The van der Waals surface area contributed by atoms with Crippen molar-refractivity contribution in [2.45, 2.75) is 57.6 Å². The summed E-state index contributed by atoms with van der Waals surface area (Å²) in [6, 6.07) is 19.2. The lowest BCUT2D eigenvalue weighted by molar-refractivity contribution is -0.139. The average Bonchev–Trinajstić information content (AvgIpc) is 2.94. The predicted molar refractivity (Wildman–Crippen MR) is 158 cm³/mol. The number of carbonyl (C=O) groups excluding carboxylic acids is 2. The zero-order valence-electron chi connectivity index (χ0n) is 23.4. The van der Waals surface area contributed by atoms with Crippen LogP contribution in [0.4, 0.5) is 5.69 Å². The molecule has 0 fully saturated rings. The SMILES string of the molecule is CC[C@H](C)NC(=O)[C@@H](C)N(Cc1ccccc1)C(=O)CN(c1cc(Cl)ccc1OC)S(=O)(=O)c1ccc(C)cc1. The molecule has 0 aliphatic rings. The molecular weight excluding hydrogens is 550 g/mol. The molecule has 3 rings (SSSR count). The van der Waals surface area contributed by atoms with Crippen molar-refractivity contribution in [3.05, 3.63) is 88.9 Å². The molecule has 0 bridgehead atoms. The Bertz CT molecular complexity index is 1420. The van der Waals surface area contributed by atoms with Crippen molar-refractivity contribution in [1.82, 2.24) is 10.2 Å². The van der Waals surface area contributed by atoms with Crippen LogP contribution in [0.2, 0.25) is 5.02 Å². The largest absolute Gasteiger partial charge is 0.495 e. The zero-order valence-corrected chi connectivity index (χ0v) is 25.0. The molecule has 0 aromatic heterocycles. The predicted octanol–water partition coefficient (Wildman–Crippen LogP) is 5.18. The third kappa shape index (κ3) is 7.55. The fourth-order valence-corrected chi connectivity index (χ4v) is 5.62. The van der Waals surface area contributed by atoms with Crippen molar-refractivity contribution in [2.75, 3.05) is 18.0 Å². The van der Waals surface area contributed by atoms with Gasteiger partial charge in [0.2, 0.25) is 11.8 Å². The van der Waals surface area contributed by atoms with Crippen LogP contribution in [0.5, 0.6) is 5.75 Å². The highest BCUT2D eigenvalue weighted by molar-refractivity contribution is 7.92. The quantitative estimate of drug-likeness (QED) is 0.316. The number of nitrogens with one attached hydrogen (secondary N) is 1. The zero-order chi connectivity index (χ0) is 29.4. The van der Waals surface area contributed by atoms with Gasteiger partial charge in [0, 0.05) is 17.6 Å². The highest BCUT2D eigenvalue weighted by Crippen LogP contribution is 2.35. The third-order valence-corrected chi connectivity index (χ3v) is 8.67. The second-order valence-electron chi connectivity index (χ2n) is 9.64. The number of amides is 2. The van der Waals surface area contributed by atoms with Gasteiger partial charge in [0.25, 0.3) is 10.0 Å². The topological polar surface area (TPSA) is 96.0 Å². The molecule has 10 heteroatoms. The number of carbonyl (C=O) groups is 2. The second kappa shape index (κ2) is 13.7. The Hall–Kier alpha value is -3.56. The normalized spacial score (nSPS) is 12.8. The Morgan fingerprint density at radius 1 is 1.00 bits per heavy atom. The van der Waals surface area contributed by atoms with Gasteiger partial charge < -0.3 is 15.0 Å². The summed E-state index contributed by atoms with van der Waals surface area (Å²) in [5.74, 6) is -0.662. The number of halogens is 1. The van der Waals surface area contributed by atoms with Crippen molar-refractivity contribution in [1.29, 1.82) is 0 Å². The van der Waals surface area contributed by atoms with Gasteiger partial charge >= 0.3 is 0 Å². The van der Waals surface area contributed by atoms with E-state index >= 15 is 0 Å². The number of ether oxygens (including phenoxy) is 1. The van der Waals surface area contributed by atoms with Gasteiger partial charge in [0.05, 0.1) is 17.7 Å². The number of benzene rings is 3. The first-order valence-electron chi connectivity index (χ1n) is 13.0. The number of hydrogen-bond acceptors (Lipinski definition) is 5. The molecular formula is C30H36ClN3O5S. The van der Waals surface area contributed by atoms with E-state index in [1.54, 1.807) is 31.2 Å². The molecule has 3 aromatic carbocycles. The van der Waals surface area contributed by atoms with Crippen LogP contribution < -0.4 is 14.4 Å². The minimum atomic E-state index is -4.24. The summed E-state index contributed by atoms with van der Waals surface area (Å²) in [6.45, 7) is 6.85. The molecule has 0 spiro atoms. The van der Waals surface area contributed by atoms with Crippen LogP contribution >= 0.6 is 11.6 Å². The van der Waals surface area contributed by atoms with E-state index in [0.717, 1.165) is 21.9 Å². The smallest absolute Gasteiger partial charge is 0.264 e. The lowest BCUT2D eigenvalue weighted by Gasteiger charge is -2.32. The molecule has 0 heterocycles. The Balaban J connectivity index is 2.08. The molecule has 0 aliphatic heterocycles. The van der Waals surface area contributed by atoms with Crippen molar-refractivity contribution in [3.63, 3.8) is 0 Å². The maximum absolute atomic E-state index is 14.0. The molecule has 0 saturated heterocycles. The van der Waals surface area contributed by atoms with Crippen LogP contribution in [0.3, 0.4) is 0 Å². The first-order valence-corrected chi connectivity index (χ1v) is 14.9. The number of hydrogen-bond donors (Lipinski definition) is 1. The highest BCUT2D eigenvalue weighted by atomic mass is 35.5. The van der Waals surface area contributed by atoms with Crippen molar-refractivity contribution in [3.8, 4) is 5.75 Å². The molecule has 3 aromatic rings. The lowest BCUT2D eigenvalue weighted by Crippen LogP contribution is -2.52. The number of rotatable bonds is 12. The fourth-order valence-electron chi connectivity index (χ4n) is 4.04. The molecule has 8 nitrogen and oxygen atoms in total. The summed E-state index contributed by atoms with van der Waals surface area (Å²) in [7, 11) is -2.83. The summed E-state index contributed by atoms with van der Waals surface area (Å²) in [6.07, 6.45) is 0.724. The third-order valence-electron chi connectivity index (χ3n) is 6.66. The molecule has 0 unspecified atom stereocenters. The van der Waals surface area contributed by atoms with Crippen molar-refractivity contribution < 1.29 is 22.7 Å². The second-order valence-corrected chi connectivity index (χ2v) is 11.9. The van der Waals surface area contributed by atoms with Gasteiger partial charge in [-0.2, -0.15) is 0 Å². The van der Waals surface area contributed by atoms with E-state index in [4.69, 9.17) is 16.3 Å². The molecule has 1 N–H and O–H groups in total. The highest BCUT2D eigenvalue weighted by Gasteiger charge is 2.34. The summed E-state index contributed by atoms with van der Waals surface area (Å²) >= 11 is 6.27. The molecule has 40 heavy (non-hydrogen) atoms. The summed E-state index contributed by atoms with van der Waals surface area (Å²) in [5, 5.41) is 3.19. The first kappa shape index (κ1) is 31.0. The number of sulfonamides is 1. The molecule has 0 aliphatic carbocycles. The minimum absolute atomic E-state index is 0.00472. The van der Waals surface area contributed by atoms with Gasteiger partial charge in [-0.15, -0.1) is 0 Å². The van der Waals surface area contributed by atoms with E-state index in [0.29, 0.717) is 0 Å². The maximum atomic E-state index is 14.0. The van der Waals surface area contributed by atoms with E-state index in [2.05, 4.69) is 5.32 Å². The van der Waals surface area contributed by atoms with E-state index in [1.807, 2.05) is 51.1 Å². The van der Waals surface area contributed by atoms with E-state index in [-0.39, 0.29) is 39.8 Å². The average molecular weight is 586 g/mol. The van der Waals surface area contributed by atoms with Gasteiger partial charge in [0.15, 0.2) is 0 Å². The molecule has 214 valence electrons. The van der Waals surface area contributed by atoms with Crippen LogP contribution in [0.1, 0.15) is 38.3 Å². The van der Waals surface area contributed by atoms with Gasteiger partial charge in [0.1, 0.15) is 18.3 Å². The van der Waals surface area contributed by atoms with Gasteiger partial charge in [-0.05, 0) is 63.1 Å². The van der Waals surface area contributed by atoms with Crippen LogP contribution in [0.25, 0.3) is 0 Å². The van der Waals surface area contributed by atoms with Crippen molar-refractivity contribution in [2.24, 2.45) is 0 Å². The Labute approximate surface area is 241 Å². The van der Waals surface area contributed by atoms with Crippen molar-refractivity contribution >= 4 is 39.1 Å². The van der Waals surface area contributed by atoms with Gasteiger partial charge in [-0.3, -0.25) is 13.9 Å². The maximum Gasteiger partial charge on any atom is 0.264 e. The number of nitrogens with zero attached hydrogens (tertiary/aromatic N) is 2. The van der Waals surface area contributed by atoms with E-state index in [9.17, 15) is 18.0 Å². The lowest BCUT2D eigenvalue weighted by atomic mass is 10.1. The Kier molecular flexibility index (Phi) is 10.6. The van der Waals surface area contributed by atoms with E-state index in [1.165, 1.54) is 30.2 Å². The van der Waals surface area contributed by atoms with Crippen LogP contribution in [0.15, 0.2) is 77.7 Å². The summed E-state index contributed by atoms with van der Waals surface area (Å²) < 4.78 is 34.5. The molecule has 2 amide bonds. The summed E-state index contributed by atoms with van der Waals surface area (Å²) in [4.78, 5) is 28.5. The van der Waals surface area contributed by atoms with Gasteiger partial charge in [-0.25, -0.2) is 8.42 Å².